The van der Waals surface area contributed by atoms with Crippen molar-refractivity contribution in [3.63, 3.8) is 0 Å². The number of thioether (sulfide) groups is 1. The molecular formula is C13H7ClN6OS2. The highest BCUT2D eigenvalue weighted by Gasteiger charge is 2.14. The monoisotopic (exact) mass is 362 g/mol. The van der Waals surface area contributed by atoms with Gasteiger partial charge < -0.3 is 5.11 Å². The molecule has 0 aliphatic heterocycles. The van der Waals surface area contributed by atoms with E-state index in [0.29, 0.717) is 26.5 Å². The van der Waals surface area contributed by atoms with Gasteiger partial charge in [0.1, 0.15) is 22.2 Å². The number of fused-ring (bicyclic) bond motifs is 1. The van der Waals surface area contributed by atoms with Crippen LogP contribution in [0.3, 0.4) is 0 Å². The molecule has 0 saturated heterocycles. The van der Waals surface area contributed by atoms with Crippen molar-refractivity contribution in [2.45, 2.75) is 5.03 Å². The number of nitriles is 1. The molecule has 0 radical (unpaired) electrons. The maximum absolute atomic E-state index is 9.33. The topological polar surface area (TPSA) is 107 Å². The van der Waals surface area contributed by atoms with E-state index in [1.165, 1.54) is 23.9 Å². The Morgan fingerprint density at radius 3 is 2.91 bits per heavy atom. The van der Waals surface area contributed by atoms with E-state index in [4.69, 9.17) is 11.6 Å². The summed E-state index contributed by atoms with van der Waals surface area (Å²) in [5.41, 5.74) is 0.987. The lowest BCUT2D eigenvalue weighted by Crippen LogP contribution is -1.87. The lowest BCUT2D eigenvalue weighted by molar-refractivity contribution is 0.473. The number of aromatic nitrogens is 3. The highest BCUT2D eigenvalue weighted by molar-refractivity contribution is 7.98. The Labute approximate surface area is 143 Å². The molecule has 7 nitrogen and oxygen atoms in total. The molecule has 23 heavy (non-hydrogen) atoms. The molecule has 3 aromatic rings. The van der Waals surface area contributed by atoms with Gasteiger partial charge >= 0.3 is 0 Å². The van der Waals surface area contributed by atoms with Crippen LogP contribution in [0.25, 0.3) is 10.9 Å². The fraction of sp³-hybridized carbons (Fsp3) is 0.0769. The minimum Gasteiger partial charge on any atom is -0.505 e. The average Bonchev–Trinajstić information content (AvgIpc) is 2.98. The molecule has 0 aliphatic rings. The summed E-state index contributed by atoms with van der Waals surface area (Å²) < 4.78 is 4.27. The number of azo groups is 1. The summed E-state index contributed by atoms with van der Waals surface area (Å²) in [6, 6.07) is 4.99. The quantitative estimate of drug-likeness (QED) is 0.419. The summed E-state index contributed by atoms with van der Waals surface area (Å²) >= 11 is 8.22. The van der Waals surface area contributed by atoms with Crippen molar-refractivity contribution >= 4 is 56.6 Å². The maximum Gasteiger partial charge on any atom is 0.176 e. The van der Waals surface area contributed by atoms with E-state index in [9.17, 15) is 10.4 Å². The van der Waals surface area contributed by atoms with E-state index >= 15 is 0 Å². The van der Waals surface area contributed by atoms with Gasteiger partial charge in [-0.3, -0.25) is 0 Å². The van der Waals surface area contributed by atoms with Gasteiger partial charge in [-0.05, 0) is 29.9 Å². The van der Waals surface area contributed by atoms with Crippen LogP contribution < -0.4 is 0 Å². The van der Waals surface area contributed by atoms with Gasteiger partial charge in [-0.15, -0.1) is 22.0 Å². The Balaban J connectivity index is 2.02. The van der Waals surface area contributed by atoms with Crippen LogP contribution in [0.2, 0.25) is 5.15 Å². The van der Waals surface area contributed by atoms with E-state index < -0.39 is 0 Å². The van der Waals surface area contributed by atoms with E-state index in [1.54, 1.807) is 6.20 Å². The zero-order chi connectivity index (χ0) is 16.4. The molecule has 114 valence electrons. The molecule has 0 unspecified atom stereocenters. The molecule has 0 saturated carbocycles. The van der Waals surface area contributed by atoms with Crippen LogP contribution >= 0.6 is 34.9 Å². The van der Waals surface area contributed by atoms with Gasteiger partial charge in [0.2, 0.25) is 0 Å². The van der Waals surface area contributed by atoms with Crippen LogP contribution in [0.4, 0.5) is 10.8 Å². The van der Waals surface area contributed by atoms with Crippen molar-refractivity contribution in [2.75, 3.05) is 6.26 Å². The Morgan fingerprint density at radius 1 is 1.39 bits per heavy atom. The van der Waals surface area contributed by atoms with Crippen molar-refractivity contribution < 1.29 is 5.11 Å². The van der Waals surface area contributed by atoms with Crippen LogP contribution in [-0.4, -0.2) is 25.7 Å². The number of rotatable bonds is 3. The van der Waals surface area contributed by atoms with Crippen LogP contribution in [0, 0.1) is 11.3 Å². The molecule has 0 aliphatic carbocycles. The normalized spacial score (nSPS) is 11.2. The van der Waals surface area contributed by atoms with Crippen LogP contribution in [-0.2, 0) is 0 Å². The van der Waals surface area contributed by atoms with E-state index in [0.717, 1.165) is 11.5 Å². The first-order valence-electron chi connectivity index (χ1n) is 6.13. The van der Waals surface area contributed by atoms with E-state index in [1.807, 2.05) is 6.26 Å². The highest BCUT2D eigenvalue weighted by atomic mass is 35.5. The van der Waals surface area contributed by atoms with Crippen LogP contribution in [0.5, 0.6) is 5.75 Å². The first kappa shape index (κ1) is 15.6. The lowest BCUT2D eigenvalue weighted by atomic mass is 10.2. The molecule has 0 spiro atoms. The summed E-state index contributed by atoms with van der Waals surface area (Å²) in [6.07, 6.45) is 3.47. The molecule has 0 amide bonds. The summed E-state index contributed by atoms with van der Waals surface area (Å²) in [7, 11) is 0. The third-order valence-corrected chi connectivity index (χ3v) is 4.56. The molecule has 1 N–H and O–H groups in total. The Hall–Kier alpha value is -2.28. The second-order valence-electron chi connectivity index (χ2n) is 4.18. The van der Waals surface area contributed by atoms with Gasteiger partial charge in [-0.2, -0.15) is 9.64 Å². The summed E-state index contributed by atoms with van der Waals surface area (Å²) in [5, 5.41) is 28.4. The molecule has 3 rings (SSSR count). The van der Waals surface area contributed by atoms with Gasteiger partial charge in [0, 0.05) is 6.20 Å². The number of hydrogen-bond acceptors (Lipinski definition) is 9. The van der Waals surface area contributed by atoms with Crippen molar-refractivity contribution in [2.24, 2.45) is 10.2 Å². The molecule has 0 fully saturated rings. The third kappa shape index (κ3) is 2.96. The summed E-state index contributed by atoms with van der Waals surface area (Å²) in [6.45, 7) is 0. The molecule has 10 heteroatoms. The zero-order valence-electron chi connectivity index (χ0n) is 11.6. The van der Waals surface area contributed by atoms with Gasteiger partial charge in [-0.25, -0.2) is 9.97 Å². The number of nitrogens with zero attached hydrogens (tertiary/aromatic N) is 6. The standard InChI is InChI=1S/C13H7ClN6OS2/c1-22-12-6(4-15)10-7(5-16-12)13(23-20-10)19-18-9-3-2-8(21)11(14)17-9/h2-3,5,21H,1H3. The first-order valence-corrected chi connectivity index (χ1v) is 8.51. The Bertz CT molecular complexity index is 965. The average molecular weight is 363 g/mol. The summed E-state index contributed by atoms with van der Waals surface area (Å²) in [4.78, 5) is 8.13. The third-order valence-electron chi connectivity index (χ3n) is 2.83. The predicted octanol–water partition coefficient (Wildman–Crippen LogP) is 4.45. The van der Waals surface area contributed by atoms with Crippen molar-refractivity contribution in [1.82, 2.24) is 14.3 Å². The number of halogens is 1. The van der Waals surface area contributed by atoms with Crippen LogP contribution in [0.1, 0.15) is 5.56 Å². The second-order valence-corrected chi connectivity index (χ2v) is 6.09. The van der Waals surface area contributed by atoms with Crippen molar-refractivity contribution in [3.8, 4) is 11.8 Å². The predicted molar refractivity (Wildman–Crippen MR) is 89.0 cm³/mol. The first-order chi connectivity index (χ1) is 11.1. The van der Waals surface area contributed by atoms with Crippen molar-refractivity contribution in [3.05, 3.63) is 29.0 Å². The van der Waals surface area contributed by atoms with Gasteiger partial charge in [0.05, 0.1) is 5.39 Å². The van der Waals surface area contributed by atoms with Crippen LogP contribution in [0.15, 0.2) is 33.6 Å². The Kier molecular flexibility index (Phi) is 4.38. The van der Waals surface area contributed by atoms with E-state index in [2.05, 4.69) is 30.6 Å². The Morgan fingerprint density at radius 2 is 2.22 bits per heavy atom. The van der Waals surface area contributed by atoms with Gasteiger partial charge in [0.25, 0.3) is 0 Å². The number of hydrogen-bond donors (Lipinski definition) is 1. The number of pyridine rings is 2. The second kappa shape index (κ2) is 6.45. The molecule has 0 bridgehead atoms. The fourth-order valence-corrected chi connectivity index (χ4v) is 3.12. The molecule has 3 aromatic heterocycles. The highest BCUT2D eigenvalue weighted by Crippen LogP contribution is 2.35. The van der Waals surface area contributed by atoms with Gasteiger partial charge in [0.15, 0.2) is 21.7 Å². The minimum absolute atomic E-state index is 0.0475. The molecule has 0 aromatic carbocycles. The molecular weight excluding hydrogens is 356 g/mol. The molecule has 0 atom stereocenters. The largest absolute Gasteiger partial charge is 0.505 e. The lowest BCUT2D eigenvalue weighted by Gasteiger charge is -1.98. The smallest absolute Gasteiger partial charge is 0.176 e. The van der Waals surface area contributed by atoms with Gasteiger partial charge in [-0.1, -0.05) is 11.6 Å². The van der Waals surface area contributed by atoms with E-state index in [-0.39, 0.29) is 16.7 Å². The molecule has 3 heterocycles. The fourth-order valence-electron chi connectivity index (χ4n) is 1.77. The SMILES string of the molecule is CSc1ncc2c(N=Nc3ccc(O)c(Cl)n3)snc2c1C#N. The summed E-state index contributed by atoms with van der Waals surface area (Å²) in [5.74, 6) is 0.130. The zero-order valence-corrected chi connectivity index (χ0v) is 13.9. The maximum atomic E-state index is 9.33. The number of aromatic hydroxyl groups is 1. The van der Waals surface area contributed by atoms with Crippen molar-refractivity contribution in [1.29, 1.82) is 5.26 Å². The minimum atomic E-state index is -0.124.